The molecule has 4 aromatic heterocycles. The third-order valence-electron chi connectivity index (χ3n) is 6.51. The van der Waals surface area contributed by atoms with Crippen molar-refractivity contribution in [1.29, 1.82) is 0 Å². The van der Waals surface area contributed by atoms with Crippen molar-refractivity contribution in [2.45, 2.75) is 24.9 Å². The molecule has 0 saturated carbocycles. The number of aromatic nitrogens is 6. The van der Waals surface area contributed by atoms with Gasteiger partial charge >= 0.3 is 16.5 Å². The van der Waals surface area contributed by atoms with Crippen LogP contribution in [0.25, 0.3) is 21.8 Å². The Kier molecular flexibility index (Phi) is 10.4. The number of carbonyl (C=O) groups excluding carboxylic acids is 2. The minimum Gasteiger partial charge on any atom is -0.548 e. The molecule has 4 N–H and O–H groups in total. The van der Waals surface area contributed by atoms with Gasteiger partial charge in [0.25, 0.3) is 0 Å². The van der Waals surface area contributed by atoms with E-state index >= 15 is 0 Å². The number of carboxylic acids is 2. The molecule has 0 saturated heterocycles. The van der Waals surface area contributed by atoms with E-state index in [2.05, 4.69) is 39.9 Å². The minimum atomic E-state index is -1.21. The van der Waals surface area contributed by atoms with Crippen LogP contribution in [0.3, 0.4) is 0 Å². The van der Waals surface area contributed by atoms with Crippen molar-refractivity contribution < 1.29 is 36.3 Å². The molecule has 6 aromatic rings. The Hall–Kier alpha value is -5.29. The van der Waals surface area contributed by atoms with Crippen molar-refractivity contribution in [2.75, 3.05) is 0 Å². The Morgan fingerprint density at radius 1 is 0.698 bits per heavy atom. The Balaban J connectivity index is 0.000000192. The number of carboxylic acid groups (broad SMARTS) is 2. The Morgan fingerprint density at radius 3 is 1.49 bits per heavy atom. The number of rotatable bonds is 10. The second-order valence-corrected chi connectivity index (χ2v) is 9.37. The number of para-hydroxylation sites is 2. The van der Waals surface area contributed by atoms with Gasteiger partial charge in [-0.2, -0.15) is 0 Å². The van der Waals surface area contributed by atoms with Crippen molar-refractivity contribution in [3.63, 3.8) is 0 Å². The largest absolute Gasteiger partial charge is 2.00 e. The average molecular weight is 621 g/mol. The molecule has 13 heteroatoms. The van der Waals surface area contributed by atoms with Gasteiger partial charge < -0.3 is 39.7 Å². The number of aliphatic imine (C=N–C) groups is 2. The summed E-state index contributed by atoms with van der Waals surface area (Å²) in [7, 11) is 0. The zero-order valence-electron chi connectivity index (χ0n) is 22.5. The van der Waals surface area contributed by atoms with Crippen LogP contribution in [0.2, 0.25) is 0 Å². The van der Waals surface area contributed by atoms with Crippen LogP contribution in [0.1, 0.15) is 22.5 Å². The Labute approximate surface area is 255 Å². The van der Waals surface area contributed by atoms with Crippen LogP contribution in [-0.2, 0) is 38.9 Å². The monoisotopic (exact) mass is 620 g/mol. The third kappa shape index (κ3) is 7.93. The molecule has 4 heterocycles. The molecule has 12 nitrogen and oxygen atoms in total. The first-order chi connectivity index (χ1) is 20.5. The predicted octanol–water partition coefficient (Wildman–Crippen LogP) is 1.34. The summed E-state index contributed by atoms with van der Waals surface area (Å²) in [6.07, 6.45) is 13.4. The predicted molar refractivity (Wildman–Crippen MR) is 154 cm³/mol. The SMILES string of the molecule is O=C([O-])[C@H](Cc1cnc[nH]1)N=Cc1c[nH]c2ccccc12.O=C([O-])[C@H](Cc1cnc[nH]1)N=Cc1c[nH]c2ccccc12.[Ni+2]. The van der Waals surface area contributed by atoms with Gasteiger partial charge in [-0.1, -0.05) is 36.4 Å². The number of imidazole rings is 2. The zero-order chi connectivity index (χ0) is 29.3. The number of hydrogen-bond acceptors (Lipinski definition) is 8. The first kappa shape index (κ1) is 30.7. The maximum absolute atomic E-state index is 11.2. The van der Waals surface area contributed by atoms with Crippen LogP contribution in [0, 0.1) is 0 Å². The normalized spacial score (nSPS) is 12.7. The van der Waals surface area contributed by atoms with Crippen LogP contribution in [-0.4, -0.2) is 66.4 Å². The fraction of sp³-hybridized carbons (Fsp3) is 0.133. The average Bonchev–Trinajstić information content (AvgIpc) is 3.82. The molecule has 0 aliphatic heterocycles. The molecule has 220 valence electrons. The number of benzene rings is 2. The van der Waals surface area contributed by atoms with Gasteiger partial charge in [-0.3, -0.25) is 9.98 Å². The first-order valence-electron chi connectivity index (χ1n) is 13.0. The van der Waals surface area contributed by atoms with Crippen LogP contribution in [0.5, 0.6) is 0 Å². The summed E-state index contributed by atoms with van der Waals surface area (Å²) < 4.78 is 0. The molecule has 0 aliphatic carbocycles. The number of fused-ring (bicyclic) bond motifs is 2. The molecule has 0 aliphatic rings. The molecule has 0 radical (unpaired) electrons. The van der Waals surface area contributed by atoms with Gasteiger partial charge in [0.1, 0.15) is 0 Å². The number of hydrogen-bond donors (Lipinski definition) is 4. The van der Waals surface area contributed by atoms with E-state index in [9.17, 15) is 19.8 Å². The van der Waals surface area contributed by atoms with Crippen molar-refractivity contribution in [3.8, 4) is 0 Å². The zero-order valence-corrected chi connectivity index (χ0v) is 23.5. The summed E-state index contributed by atoms with van der Waals surface area (Å²) in [4.78, 5) is 50.3. The Morgan fingerprint density at radius 2 is 1.12 bits per heavy atom. The first-order valence-corrected chi connectivity index (χ1v) is 13.0. The topological polar surface area (TPSA) is 194 Å². The van der Waals surface area contributed by atoms with E-state index in [1.807, 2.05) is 48.5 Å². The van der Waals surface area contributed by atoms with Gasteiger partial charge in [-0.25, -0.2) is 9.97 Å². The second-order valence-electron chi connectivity index (χ2n) is 9.37. The third-order valence-corrected chi connectivity index (χ3v) is 6.51. The molecule has 0 bridgehead atoms. The molecule has 0 amide bonds. The van der Waals surface area contributed by atoms with Crippen molar-refractivity contribution in [3.05, 3.63) is 108 Å². The fourth-order valence-corrected chi connectivity index (χ4v) is 4.35. The van der Waals surface area contributed by atoms with E-state index in [4.69, 9.17) is 0 Å². The molecular formula is C30H26N8NiO4. The maximum atomic E-state index is 11.2. The van der Waals surface area contributed by atoms with Gasteiger partial charge in [0.15, 0.2) is 0 Å². The molecule has 0 unspecified atom stereocenters. The molecule has 0 fully saturated rings. The van der Waals surface area contributed by atoms with E-state index in [0.717, 1.165) is 32.9 Å². The van der Waals surface area contributed by atoms with Crippen molar-refractivity contribution in [1.82, 2.24) is 29.9 Å². The van der Waals surface area contributed by atoms with E-state index in [1.165, 1.54) is 12.7 Å². The van der Waals surface area contributed by atoms with Gasteiger partial charge in [0.2, 0.25) is 0 Å². The summed E-state index contributed by atoms with van der Waals surface area (Å²) in [5.74, 6) is -2.42. The molecular weight excluding hydrogens is 595 g/mol. The summed E-state index contributed by atoms with van der Waals surface area (Å²) in [6.45, 7) is 0. The van der Waals surface area contributed by atoms with Crippen LogP contribution < -0.4 is 10.2 Å². The van der Waals surface area contributed by atoms with E-state index in [1.54, 1.807) is 37.2 Å². The van der Waals surface area contributed by atoms with Gasteiger partial charge in [0, 0.05) is 94.4 Å². The molecule has 2 atom stereocenters. The maximum Gasteiger partial charge on any atom is 2.00 e. The van der Waals surface area contributed by atoms with E-state index < -0.39 is 24.0 Å². The fourth-order valence-electron chi connectivity index (χ4n) is 4.35. The molecule has 0 spiro atoms. The van der Waals surface area contributed by atoms with Gasteiger partial charge in [0.05, 0.1) is 36.7 Å². The van der Waals surface area contributed by atoms with Crippen molar-refractivity contribution in [2.24, 2.45) is 9.98 Å². The number of aromatic amines is 4. The number of nitrogens with zero attached hydrogens (tertiary/aromatic N) is 4. The summed E-state index contributed by atoms with van der Waals surface area (Å²) in [6, 6.07) is 13.6. The molecule has 43 heavy (non-hydrogen) atoms. The van der Waals surface area contributed by atoms with E-state index in [-0.39, 0.29) is 29.3 Å². The van der Waals surface area contributed by atoms with E-state index in [0.29, 0.717) is 11.4 Å². The molecule has 2 aromatic carbocycles. The summed E-state index contributed by atoms with van der Waals surface area (Å²) >= 11 is 0. The molecule has 6 rings (SSSR count). The summed E-state index contributed by atoms with van der Waals surface area (Å²) in [5.41, 5.74) is 5.08. The second kappa shape index (κ2) is 14.6. The van der Waals surface area contributed by atoms with Gasteiger partial charge in [-0.05, 0) is 12.1 Å². The van der Waals surface area contributed by atoms with Crippen LogP contribution >= 0.6 is 0 Å². The Bertz CT molecular complexity index is 1690. The minimum absolute atomic E-state index is 0. The number of nitrogens with one attached hydrogen (secondary N) is 4. The van der Waals surface area contributed by atoms with Crippen LogP contribution in [0.15, 0.2) is 96.0 Å². The number of aliphatic carboxylic acids is 2. The van der Waals surface area contributed by atoms with Gasteiger partial charge in [-0.15, -0.1) is 0 Å². The number of carbonyl (C=O) groups is 2. The van der Waals surface area contributed by atoms with Crippen LogP contribution in [0.4, 0.5) is 0 Å². The quantitative estimate of drug-likeness (QED) is 0.132. The summed E-state index contributed by atoms with van der Waals surface area (Å²) in [5, 5.41) is 24.4. The standard InChI is InChI=1S/2C15H14N4O2.Ni/c2*20-15(21)14(5-11-8-16-9-19-11)18-7-10-6-17-13-4-2-1-3-12(10)13;/h2*1-4,6-9,14,17H,5H2,(H,16,19)(H,20,21);/q;;+2/p-2/t2*14-;/m00./s1. The smallest absolute Gasteiger partial charge is 0.548 e. The number of H-pyrrole nitrogens is 4. The van der Waals surface area contributed by atoms with Crippen molar-refractivity contribution >= 4 is 46.2 Å².